The van der Waals surface area contributed by atoms with E-state index in [0.29, 0.717) is 53.0 Å². The summed E-state index contributed by atoms with van der Waals surface area (Å²) in [6.07, 6.45) is 2.22. The van der Waals surface area contributed by atoms with Gasteiger partial charge in [-0.15, -0.1) is 0 Å². The van der Waals surface area contributed by atoms with Gasteiger partial charge >= 0.3 is 0 Å². The molecule has 1 amide bonds. The maximum absolute atomic E-state index is 14.0. The normalized spacial score (nSPS) is 17.8. The van der Waals surface area contributed by atoms with Gasteiger partial charge in [0.1, 0.15) is 5.82 Å². The lowest BCUT2D eigenvalue weighted by atomic mass is 10.1. The number of nitrogens with zero attached hydrogens (tertiary/aromatic N) is 5. The molecule has 1 atom stereocenters. The predicted molar refractivity (Wildman–Crippen MR) is 163 cm³/mol. The van der Waals surface area contributed by atoms with E-state index in [1.807, 2.05) is 11.0 Å². The highest BCUT2D eigenvalue weighted by atomic mass is 79.9. The molecule has 2 saturated heterocycles. The van der Waals surface area contributed by atoms with Crippen LogP contribution in [0.1, 0.15) is 34.6 Å². The zero-order valence-corrected chi connectivity index (χ0v) is 26.5. The van der Waals surface area contributed by atoms with E-state index < -0.39 is 0 Å². The molecule has 2 aromatic carbocycles. The lowest BCUT2D eigenvalue weighted by Crippen LogP contribution is -2.48. The Labute approximate surface area is 258 Å². The highest BCUT2D eigenvalue weighted by molar-refractivity contribution is 9.10. The van der Waals surface area contributed by atoms with Crippen molar-refractivity contribution in [1.29, 1.82) is 0 Å². The number of methoxy groups -OCH3 is 3. The number of aromatic nitrogens is 2. The van der Waals surface area contributed by atoms with Gasteiger partial charge in [-0.2, -0.15) is 4.37 Å². The smallest absolute Gasteiger partial charge is 0.254 e. The Hall–Kier alpha value is -3.00. The highest BCUT2D eigenvalue weighted by Gasteiger charge is 2.27. The molecule has 1 aromatic heterocycles. The van der Waals surface area contributed by atoms with Crippen LogP contribution in [0.3, 0.4) is 0 Å². The van der Waals surface area contributed by atoms with Gasteiger partial charge in [0.05, 0.1) is 32.3 Å². The van der Waals surface area contributed by atoms with Gasteiger partial charge in [-0.3, -0.25) is 14.6 Å². The quantitative estimate of drug-likeness (QED) is 0.319. The minimum atomic E-state index is -0.227. The number of piperazine rings is 1. The molecule has 0 spiro atoms. The number of hydrogen-bond donors (Lipinski definition) is 1. The third-order valence-electron chi connectivity index (χ3n) is 7.76. The first kappa shape index (κ1) is 30.5. The first-order valence-corrected chi connectivity index (χ1v) is 15.5. The second-order valence-corrected chi connectivity index (χ2v) is 12.0. The number of carbonyl (C=O) groups excluding carboxylic acids is 1. The summed E-state index contributed by atoms with van der Waals surface area (Å²) in [7, 11) is 4.61. The summed E-state index contributed by atoms with van der Waals surface area (Å²) in [5.41, 5.74) is 1.48. The molecule has 0 saturated carbocycles. The summed E-state index contributed by atoms with van der Waals surface area (Å²) < 4.78 is 35.2. The van der Waals surface area contributed by atoms with Crippen molar-refractivity contribution in [2.45, 2.75) is 32.0 Å². The molecule has 0 bridgehead atoms. The van der Waals surface area contributed by atoms with Crippen LogP contribution in [0.25, 0.3) is 0 Å². The lowest BCUT2D eigenvalue weighted by molar-refractivity contribution is 0.0625. The van der Waals surface area contributed by atoms with E-state index in [1.165, 1.54) is 32.9 Å². The number of amides is 1. The van der Waals surface area contributed by atoms with Gasteiger partial charge in [-0.25, -0.2) is 9.37 Å². The van der Waals surface area contributed by atoms with E-state index in [0.717, 1.165) is 62.1 Å². The van der Waals surface area contributed by atoms with Crippen LogP contribution >= 0.6 is 27.5 Å². The second-order valence-electron chi connectivity index (χ2n) is 10.4. The Morgan fingerprint density at radius 1 is 1.05 bits per heavy atom. The molecule has 42 heavy (non-hydrogen) atoms. The fourth-order valence-electron chi connectivity index (χ4n) is 5.50. The molecule has 2 aliphatic heterocycles. The molecule has 1 N–H and O–H groups in total. The van der Waals surface area contributed by atoms with Gasteiger partial charge < -0.3 is 24.4 Å². The largest absolute Gasteiger partial charge is 0.493 e. The number of ether oxygens (including phenoxy) is 3. The molecule has 3 aromatic rings. The van der Waals surface area contributed by atoms with Gasteiger partial charge in [0, 0.05) is 62.4 Å². The lowest BCUT2D eigenvalue weighted by Gasteiger charge is -2.34. The van der Waals surface area contributed by atoms with E-state index >= 15 is 0 Å². The van der Waals surface area contributed by atoms with E-state index in [9.17, 15) is 9.18 Å². The van der Waals surface area contributed by atoms with Crippen molar-refractivity contribution >= 4 is 38.5 Å². The van der Waals surface area contributed by atoms with E-state index in [2.05, 4.69) is 35.4 Å². The summed E-state index contributed by atoms with van der Waals surface area (Å²) in [4.78, 5) is 24.5. The first-order valence-electron chi connectivity index (χ1n) is 13.9. The number of anilines is 1. The Bertz CT molecular complexity index is 1360. The Balaban J connectivity index is 1.10. The molecule has 13 heteroatoms. The van der Waals surface area contributed by atoms with Gasteiger partial charge in [-0.1, -0.05) is 6.07 Å². The Morgan fingerprint density at radius 3 is 2.45 bits per heavy atom. The second kappa shape index (κ2) is 14.0. The topological polar surface area (TPSA) is 92.3 Å². The van der Waals surface area contributed by atoms with E-state index in [-0.39, 0.29) is 11.7 Å². The number of benzene rings is 2. The number of nitrogens with one attached hydrogen (secondary N) is 1. The molecular formula is C29H36BrFN6O4S. The first-order chi connectivity index (χ1) is 20.4. The fourth-order valence-corrected chi connectivity index (χ4v) is 6.33. The zero-order valence-electron chi connectivity index (χ0n) is 24.1. The SMILES string of the molecule is COc1cc(C(=O)N2CCN(Cc3nsc(NC[C@@H]4CCCN4Cc4ccc(Br)c(F)c4)n3)CC2)cc(OC)c1OC. The van der Waals surface area contributed by atoms with Crippen molar-refractivity contribution in [3.05, 3.63) is 57.6 Å². The highest BCUT2D eigenvalue weighted by Crippen LogP contribution is 2.38. The maximum atomic E-state index is 14.0. The minimum Gasteiger partial charge on any atom is -0.493 e. The molecule has 10 nitrogen and oxygen atoms in total. The van der Waals surface area contributed by atoms with Crippen LogP contribution in [-0.4, -0.2) is 96.6 Å². The van der Waals surface area contributed by atoms with Crippen LogP contribution < -0.4 is 19.5 Å². The molecule has 3 heterocycles. The van der Waals surface area contributed by atoms with Gasteiger partial charge in [0.2, 0.25) is 10.9 Å². The van der Waals surface area contributed by atoms with Crippen molar-refractivity contribution in [2.24, 2.45) is 0 Å². The molecule has 5 rings (SSSR count). The molecule has 0 unspecified atom stereocenters. The predicted octanol–water partition coefficient (Wildman–Crippen LogP) is 4.50. The molecule has 0 aliphatic carbocycles. The molecular weight excluding hydrogens is 627 g/mol. The summed E-state index contributed by atoms with van der Waals surface area (Å²) >= 11 is 4.60. The van der Waals surface area contributed by atoms with E-state index in [1.54, 1.807) is 24.3 Å². The summed E-state index contributed by atoms with van der Waals surface area (Å²) in [5, 5.41) is 4.28. The average molecular weight is 664 g/mol. The van der Waals surface area contributed by atoms with Crippen molar-refractivity contribution in [3.8, 4) is 17.2 Å². The van der Waals surface area contributed by atoms with Crippen LogP contribution in [0.2, 0.25) is 0 Å². The molecule has 2 fully saturated rings. The fraction of sp³-hybridized carbons (Fsp3) is 0.483. The number of rotatable bonds is 11. The minimum absolute atomic E-state index is 0.0709. The zero-order chi connectivity index (χ0) is 29.6. The summed E-state index contributed by atoms with van der Waals surface area (Å²) in [6, 6.07) is 9.08. The van der Waals surface area contributed by atoms with Crippen molar-refractivity contribution in [1.82, 2.24) is 24.1 Å². The van der Waals surface area contributed by atoms with Crippen molar-refractivity contribution in [2.75, 3.05) is 65.9 Å². The third-order valence-corrected chi connectivity index (χ3v) is 9.12. The Morgan fingerprint density at radius 2 is 1.79 bits per heavy atom. The standard InChI is InChI=1S/C29H36BrFN6O4S/c1-39-24-14-20(15-25(40-2)27(24)41-3)28(38)36-11-9-35(10-12-36)18-26-33-29(42-34-26)32-16-21-5-4-8-37(21)17-19-6-7-22(30)23(31)13-19/h6-7,13-15,21H,4-5,8-12,16-18H2,1-3H3,(H,32,33,34)/t21-/m0/s1. The van der Waals surface area contributed by atoms with Crippen molar-refractivity contribution in [3.63, 3.8) is 0 Å². The third kappa shape index (κ3) is 7.13. The average Bonchev–Trinajstić information content (AvgIpc) is 3.65. The van der Waals surface area contributed by atoms with Crippen molar-refractivity contribution < 1.29 is 23.4 Å². The van der Waals surface area contributed by atoms with Crippen LogP contribution in [-0.2, 0) is 13.1 Å². The summed E-state index contributed by atoms with van der Waals surface area (Å²) in [5.74, 6) is 1.86. The van der Waals surface area contributed by atoms with Crippen LogP contribution in [0, 0.1) is 5.82 Å². The number of carbonyl (C=O) groups is 1. The van der Waals surface area contributed by atoms with Crippen LogP contribution in [0.15, 0.2) is 34.8 Å². The van der Waals surface area contributed by atoms with Gasteiger partial charge in [-0.05, 0) is 65.1 Å². The summed E-state index contributed by atoms with van der Waals surface area (Å²) in [6.45, 7) is 5.79. The van der Waals surface area contributed by atoms with Gasteiger partial charge in [0.15, 0.2) is 17.3 Å². The molecule has 226 valence electrons. The number of likely N-dealkylation sites (tertiary alicyclic amines) is 1. The van der Waals surface area contributed by atoms with E-state index in [4.69, 9.17) is 19.2 Å². The van der Waals surface area contributed by atoms with Crippen LogP contribution in [0.5, 0.6) is 17.2 Å². The van der Waals surface area contributed by atoms with Crippen LogP contribution in [0.4, 0.5) is 9.52 Å². The molecule has 2 aliphatic rings. The number of halogens is 2. The van der Waals surface area contributed by atoms with Gasteiger partial charge in [0.25, 0.3) is 5.91 Å². The maximum Gasteiger partial charge on any atom is 0.254 e. The Kier molecular flexibility index (Phi) is 10.1. The monoisotopic (exact) mass is 662 g/mol. The number of hydrogen-bond acceptors (Lipinski definition) is 10. The molecule has 0 radical (unpaired) electrons.